The molecule has 1 aliphatic heterocycles. The van der Waals surface area contributed by atoms with Crippen LogP contribution in [0.1, 0.15) is 48.7 Å². The van der Waals surface area contributed by atoms with E-state index in [1.54, 1.807) is 6.92 Å². The predicted molar refractivity (Wildman–Crippen MR) is 203 cm³/mol. The average molecular weight is 784 g/mol. The Labute approximate surface area is 318 Å². The van der Waals surface area contributed by atoms with Crippen LogP contribution in [0.3, 0.4) is 0 Å². The summed E-state index contributed by atoms with van der Waals surface area (Å²) in [7, 11) is -4.46. The van der Waals surface area contributed by atoms with Gasteiger partial charge >= 0.3 is 6.18 Å². The highest BCUT2D eigenvalue weighted by Gasteiger charge is 2.39. The van der Waals surface area contributed by atoms with Gasteiger partial charge in [0.2, 0.25) is 10.0 Å². The molecule has 1 atom stereocenters. The molecule has 2 N–H and O–H groups in total. The summed E-state index contributed by atoms with van der Waals surface area (Å²) in [5, 5.41) is 11.9. The van der Waals surface area contributed by atoms with Crippen molar-refractivity contribution in [2.45, 2.75) is 50.9 Å². The highest BCUT2D eigenvalue weighted by molar-refractivity contribution is 7.89. The fraction of sp³-hybridized carbons (Fsp3) is 0.359. The van der Waals surface area contributed by atoms with Crippen LogP contribution in [-0.4, -0.2) is 80.4 Å². The number of nitro groups is 1. The number of carbonyl (C=O) groups excluding carboxylic acids is 1. The van der Waals surface area contributed by atoms with Crippen LogP contribution in [0.2, 0.25) is 0 Å². The first-order valence-electron chi connectivity index (χ1n) is 17.9. The van der Waals surface area contributed by atoms with E-state index in [2.05, 4.69) is 0 Å². The molecule has 55 heavy (non-hydrogen) atoms. The van der Waals surface area contributed by atoms with Gasteiger partial charge in [-0.05, 0) is 73.9 Å². The lowest BCUT2D eigenvalue weighted by Gasteiger charge is -2.43. The topological polar surface area (TPSA) is 149 Å². The molecule has 1 heterocycles. The van der Waals surface area contributed by atoms with E-state index in [0.29, 0.717) is 30.0 Å². The third-order valence-electron chi connectivity index (χ3n) is 9.37. The van der Waals surface area contributed by atoms with Crippen LogP contribution in [0.25, 0.3) is 11.1 Å². The van der Waals surface area contributed by atoms with E-state index in [1.807, 2.05) is 61.2 Å². The molecule has 0 bridgehead atoms. The summed E-state index contributed by atoms with van der Waals surface area (Å²) >= 11 is 0. The molecule has 0 aromatic heterocycles. The maximum absolute atomic E-state index is 14.2. The number of halogens is 3. The quantitative estimate of drug-likeness (QED) is 0.0997. The standard InChI is InChI=1S/C39H44F3N5O7S/c1-4-29-26-44(38(48)32-17-16-30(53-5-2)24-33(32)39(40,41)42)21-22-46(29)34-18-15-27(31-11-7-9-13-36(31)54-6-3)23-28(34)25-45(20-19-43)55(51,52)37-14-10-8-12-35(37)47(49)50/h7-18,23-24,29H,4-6,19-22,25-26,43H2,1-3H3/t29-/m1/s1. The Bertz CT molecular complexity index is 2120. The molecule has 0 aliphatic carbocycles. The van der Waals surface area contributed by atoms with Crippen molar-refractivity contribution in [2.24, 2.45) is 5.73 Å². The van der Waals surface area contributed by atoms with Crippen molar-refractivity contribution in [1.82, 2.24) is 9.21 Å². The average Bonchev–Trinajstić information content (AvgIpc) is 3.17. The van der Waals surface area contributed by atoms with E-state index < -0.39 is 48.7 Å². The largest absolute Gasteiger partial charge is 0.494 e. The van der Waals surface area contributed by atoms with Gasteiger partial charge in [0.1, 0.15) is 11.5 Å². The number of para-hydroxylation sites is 2. The van der Waals surface area contributed by atoms with Crippen molar-refractivity contribution in [3.8, 4) is 22.6 Å². The number of alkyl halides is 3. The maximum atomic E-state index is 14.2. The van der Waals surface area contributed by atoms with Crippen LogP contribution in [0.5, 0.6) is 11.5 Å². The highest BCUT2D eigenvalue weighted by atomic mass is 32.2. The van der Waals surface area contributed by atoms with Gasteiger partial charge in [0.25, 0.3) is 11.6 Å². The summed E-state index contributed by atoms with van der Waals surface area (Å²) in [6.07, 6.45) is -4.30. The molecule has 16 heteroatoms. The van der Waals surface area contributed by atoms with E-state index in [0.717, 1.165) is 33.6 Å². The van der Waals surface area contributed by atoms with Gasteiger partial charge in [0.15, 0.2) is 4.90 Å². The third-order valence-corrected chi connectivity index (χ3v) is 11.3. The molecule has 0 saturated carbocycles. The first kappa shape index (κ1) is 41.0. The van der Waals surface area contributed by atoms with Gasteiger partial charge in [-0.2, -0.15) is 17.5 Å². The SMILES string of the molecule is CCOc1ccc(C(=O)N2CCN(c3ccc(-c4ccccc4OCC)cc3CN(CCN)S(=O)(=O)c3ccccc3[N+](=O)[O-])[C@H](CC)C2)c(C(F)(F)F)c1. The first-order valence-corrected chi connectivity index (χ1v) is 19.4. The van der Waals surface area contributed by atoms with Crippen LogP contribution >= 0.6 is 0 Å². The maximum Gasteiger partial charge on any atom is 0.417 e. The first-order chi connectivity index (χ1) is 26.2. The minimum absolute atomic E-state index is 0.00930. The number of nitrogens with zero attached hydrogens (tertiary/aromatic N) is 4. The molecule has 1 aliphatic rings. The van der Waals surface area contributed by atoms with Gasteiger partial charge in [-0.25, -0.2) is 8.42 Å². The Morgan fingerprint density at radius 2 is 1.67 bits per heavy atom. The molecular weight excluding hydrogens is 740 g/mol. The summed E-state index contributed by atoms with van der Waals surface area (Å²) in [6.45, 7) is 5.92. The number of piperazine rings is 1. The van der Waals surface area contributed by atoms with Crippen molar-refractivity contribution < 1.29 is 40.8 Å². The van der Waals surface area contributed by atoms with Crippen LogP contribution in [-0.2, 0) is 22.7 Å². The van der Waals surface area contributed by atoms with Crippen molar-refractivity contribution in [2.75, 3.05) is 50.8 Å². The van der Waals surface area contributed by atoms with Gasteiger partial charge in [0.05, 0.1) is 29.3 Å². The van der Waals surface area contributed by atoms with E-state index in [1.165, 1.54) is 29.2 Å². The van der Waals surface area contributed by atoms with E-state index in [4.69, 9.17) is 15.2 Å². The summed E-state index contributed by atoms with van der Waals surface area (Å²) in [5.74, 6) is -0.141. The molecule has 0 unspecified atom stereocenters. The second-order valence-electron chi connectivity index (χ2n) is 12.8. The molecule has 0 radical (unpaired) electrons. The zero-order valence-electron chi connectivity index (χ0n) is 30.8. The molecule has 1 saturated heterocycles. The molecule has 1 fully saturated rings. The molecular formula is C39H44F3N5O7S. The number of benzene rings is 4. The van der Waals surface area contributed by atoms with Gasteiger partial charge in [-0.1, -0.05) is 43.3 Å². The number of hydrogen-bond acceptors (Lipinski definition) is 9. The lowest BCUT2D eigenvalue weighted by atomic mass is 9.98. The second kappa shape index (κ2) is 17.5. The number of nitro benzene ring substituents is 1. The Kier molecular flexibility index (Phi) is 13.1. The van der Waals surface area contributed by atoms with Crippen LogP contribution < -0.4 is 20.1 Å². The highest BCUT2D eigenvalue weighted by Crippen LogP contribution is 2.38. The number of rotatable bonds is 15. The molecule has 0 spiro atoms. The zero-order chi connectivity index (χ0) is 39.9. The van der Waals surface area contributed by atoms with Crippen LogP contribution in [0.4, 0.5) is 24.5 Å². The van der Waals surface area contributed by atoms with Crippen molar-refractivity contribution in [1.29, 1.82) is 0 Å². The number of nitrogens with two attached hydrogens (primary N) is 1. The minimum atomic E-state index is -4.79. The number of carbonyl (C=O) groups is 1. The van der Waals surface area contributed by atoms with Crippen molar-refractivity contribution >= 4 is 27.3 Å². The number of amides is 1. The molecule has 12 nitrogen and oxygen atoms in total. The summed E-state index contributed by atoms with van der Waals surface area (Å²) in [6, 6.07) is 21.0. The second-order valence-corrected chi connectivity index (χ2v) is 14.7. The van der Waals surface area contributed by atoms with E-state index >= 15 is 0 Å². The molecule has 5 rings (SSSR count). The number of anilines is 1. The number of ether oxygens (including phenoxy) is 2. The normalized spacial score (nSPS) is 14.9. The fourth-order valence-electron chi connectivity index (χ4n) is 6.81. The molecule has 4 aromatic carbocycles. The van der Waals surface area contributed by atoms with Crippen molar-refractivity contribution in [3.05, 3.63) is 112 Å². The molecule has 4 aromatic rings. The molecule has 294 valence electrons. The summed E-state index contributed by atoms with van der Waals surface area (Å²) in [4.78, 5) is 27.9. The Balaban J connectivity index is 1.56. The van der Waals surface area contributed by atoms with Crippen LogP contribution in [0.15, 0.2) is 89.8 Å². The number of sulfonamides is 1. The Morgan fingerprint density at radius 3 is 2.35 bits per heavy atom. The van der Waals surface area contributed by atoms with Gasteiger partial charge < -0.3 is 25.0 Å². The van der Waals surface area contributed by atoms with Gasteiger partial charge in [0, 0.05) is 62.6 Å². The van der Waals surface area contributed by atoms with Crippen molar-refractivity contribution in [3.63, 3.8) is 0 Å². The monoisotopic (exact) mass is 783 g/mol. The summed E-state index contributed by atoms with van der Waals surface area (Å²) < 4.78 is 83.1. The fourth-order valence-corrected chi connectivity index (χ4v) is 8.40. The van der Waals surface area contributed by atoms with Gasteiger partial charge in [-0.15, -0.1) is 0 Å². The predicted octanol–water partition coefficient (Wildman–Crippen LogP) is 6.97. The van der Waals surface area contributed by atoms with Crippen LogP contribution in [0, 0.1) is 10.1 Å². The Morgan fingerprint density at radius 1 is 0.964 bits per heavy atom. The Hall–Kier alpha value is -5.19. The van der Waals surface area contributed by atoms with Gasteiger partial charge in [-0.3, -0.25) is 14.9 Å². The lowest BCUT2D eigenvalue weighted by molar-refractivity contribution is -0.387. The zero-order valence-corrected chi connectivity index (χ0v) is 31.6. The number of hydrogen-bond donors (Lipinski definition) is 1. The molecule has 1 amide bonds. The smallest absolute Gasteiger partial charge is 0.417 e. The minimum Gasteiger partial charge on any atom is -0.494 e. The third kappa shape index (κ3) is 9.03. The van der Waals surface area contributed by atoms with E-state index in [-0.39, 0.29) is 57.7 Å². The summed E-state index contributed by atoms with van der Waals surface area (Å²) in [5.41, 5.74) is 6.44. The lowest BCUT2D eigenvalue weighted by Crippen LogP contribution is -2.55. The van der Waals surface area contributed by atoms with E-state index in [9.17, 15) is 36.5 Å².